The molecular weight excluding hydrogens is 250 g/mol. The molecule has 0 aliphatic rings. The fourth-order valence-electron chi connectivity index (χ4n) is 1.68. The molecule has 4 nitrogen and oxygen atoms in total. The van der Waals surface area contributed by atoms with Crippen LogP contribution in [-0.4, -0.2) is 29.3 Å². The molecule has 18 heavy (non-hydrogen) atoms. The van der Waals surface area contributed by atoms with Crippen LogP contribution in [0.4, 0.5) is 0 Å². The number of carboxylic acids is 1. The van der Waals surface area contributed by atoms with Crippen LogP contribution in [0.3, 0.4) is 0 Å². The summed E-state index contributed by atoms with van der Waals surface area (Å²) in [4.78, 5) is 15.3. The van der Waals surface area contributed by atoms with Crippen LogP contribution in [0.1, 0.15) is 28.7 Å². The molecule has 1 N–H and O–H groups in total. The van der Waals surface area contributed by atoms with Gasteiger partial charge in [-0.3, -0.25) is 0 Å². The molecule has 0 unspecified atom stereocenters. The van der Waals surface area contributed by atoms with Crippen molar-refractivity contribution in [2.45, 2.75) is 19.8 Å². The predicted octanol–water partition coefficient (Wildman–Crippen LogP) is 2.96. The first-order valence-corrected chi connectivity index (χ1v) is 6.73. The van der Waals surface area contributed by atoms with E-state index in [1.165, 1.54) is 0 Å². The van der Waals surface area contributed by atoms with E-state index in [9.17, 15) is 4.79 Å². The highest BCUT2D eigenvalue weighted by molar-refractivity contribution is 7.18. The minimum Gasteiger partial charge on any atom is -0.478 e. The molecule has 5 heteroatoms. The molecule has 0 atom stereocenters. The Bertz CT molecular complexity index is 550. The summed E-state index contributed by atoms with van der Waals surface area (Å²) in [5.74, 6) is -0.900. The molecule has 0 saturated heterocycles. The summed E-state index contributed by atoms with van der Waals surface area (Å²) >= 11 is 1.56. The average molecular weight is 265 g/mol. The summed E-state index contributed by atoms with van der Waals surface area (Å²) < 4.78 is 6.21. The molecule has 0 aliphatic heterocycles. The van der Waals surface area contributed by atoms with Gasteiger partial charge in [-0.05, 0) is 31.5 Å². The maximum absolute atomic E-state index is 10.9. The van der Waals surface area contributed by atoms with Crippen molar-refractivity contribution in [3.05, 3.63) is 28.8 Å². The van der Waals surface area contributed by atoms with Crippen LogP contribution >= 0.6 is 11.3 Å². The molecule has 0 bridgehead atoms. The minimum absolute atomic E-state index is 0.312. The summed E-state index contributed by atoms with van der Waals surface area (Å²) in [7, 11) is 0. The highest BCUT2D eigenvalue weighted by Gasteiger charge is 2.08. The van der Waals surface area contributed by atoms with E-state index >= 15 is 0 Å². The standard InChI is InChI=1S/C13H15NO3S/c1-2-17-7-3-4-12-14-10-6-5-9(13(15)16)8-11(10)18-12/h5-6,8H,2-4,7H2,1H3,(H,15,16). The van der Waals surface area contributed by atoms with Gasteiger partial charge < -0.3 is 9.84 Å². The van der Waals surface area contributed by atoms with E-state index in [2.05, 4.69) is 4.98 Å². The summed E-state index contributed by atoms with van der Waals surface area (Å²) in [6.45, 7) is 3.46. The topological polar surface area (TPSA) is 59.4 Å². The molecule has 0 radical (unpaired) electrons. The first-order chi connectivity index (χ1) is 8.70. The molecule has 1 aromatic carbocycles. The Labute approximate surface area is 109 Å². The van der Waals surface area contributed by atoms with Crippen LogP contribution in [0.25, 0.3) is 10.2 Å². The number of aromatic carboxylic acids is 1. The van der Waals surface area contributed by atoms with Gasteiger partial charge in [-0.2, -0.15) is 0 Å². The van der Waals surface area contributed by atoms with E-state index in [0.717, 1.165) is 41.3 Å². The fourth-order valence-corrected chi connectivity index (χ4v) is 2.73. The van der Waals surface area contributed by atoms with Gasteiger partial charge in [-0.1, -0.05) is 0 Å². The Hall–Kier alpha value is -1.46. The van der Waals surface area contributed by atoms with E-state index in [1.54, 1.807) is 29.5 Å². The van der Waals surface area contributed by atoms with E-state index in [0.29, 0.717) is 5.56 Å². The van der Waals surface area contributed by atoms with Crippen LogP contribution < -0.4 is 0 Å². The lowest BCUT2D eigenvalue weighted by Gasteiger charge is -1.97. The Morgan fingerprint density at radius 3 is 3.06 bits per heavy atom. The summed E-state index contributed by atoms with van der Waals surface area (Å²) in [5.41, 5.74) is 1.18. The number of thiazole rings is 1. The second kappa shape index (κ2) is 5.93. The number of nitrogens with zero attached hydrogens (tertiary/aromatic N) is 1. The number of fused-ring (bicyclic) bond motifs is 1. The Morgan fingerprint density at radius 2 is 2.33 bits per heavy atom. The molecule has 0 saturated carbocycles. The maximum Gasteiger partial charge on any atom is 0.335 e. The monoisotopic (exact) mass is 265 g/mol. The third kappa shape index (κ3) is 3.05. The van der Waals surface area contributed by atoms with Crippen LogP contribution in [0.15, 0.2) is 18.2 Å². The number of hydrogen-bond acceptors (Lipinski definition) is 4. The number of carbonyl (C=O) groups is 1. The number of aryl methyl sites for hydroxylation is 1. The summed E-state index contributed by atoms with van der Waals surface area (Å²) in [6, 6.07) is 5.04. The van der Waals surface area contributed by atoms with Crippen molar-refractivity contribution in [2.24, 2.45) is 0 Å². The molecule has 1 heterocycles. The van der Waals surface area contributed by atoms with Gasteiger partial charge in [0, 0.05) is 19.6 Å². The van der Waals surface area contributed by atoms with E-state index in [-0.39, 0.29) is 0 Å². The van der Waals surface area contributed by atoms with Gasteiger partial charge in [0.2, 0.25) is 0 Å². The van der Waals surface area contributed by atoms with E-state index < -0.39 is 5.97 Å². The van der Waals surface area contributed by atoms with Crippen molar-refractivity contribution in [3.8, 4) is 0 Å². The van der Waals surface area contributed by atoms with E-state index in [1.807, 2.05) is 6.92 Å². The third-order valence-corrected chi connectivity index (χ3v) is 3.64. The van der Waals surface area contributed by atoms with Gasteiger partial charge >= 0.3 is 5.97 Å². The Morgan fingerprint density at radius 1 is 1.50 bits per heavy atom. The fraction of sp³-hybridized carbons (Fsp3) is 0.385. The molecule has 2 aromatic rings. The van der Waals surface area contributed by atoms with Gasteiger partial charge in [0.05, 0.1) is 20.8 Å². The molecule has 96 valence electrons. The lowest BCUT2D eigenvalue weighted by atomic mass is 10.2. The lowest BCUT2D eigenvalue weighted by Crippen LogP contribution is -1.95. The summed E-state index contributed by atoms with van der Waals surface area (Å²) in [5, 5.41) is 9.95. The first-order valence-electron chi connectivity index (χ1n) is 5.91. The van der Waals surface area contributed by atoms with Gasteiger partial charge in [-0.15, -0.1) is 11.3 Å². The Kier molecular flexibility index (Phi) is 4.28. The van der Waals surface area contributed by atoms with Crippen molar-refractivity contribution >= 4 is 27.5 Å². The van der Waals surface area contributed by atoms with Crippen LogP contribution in [-0.2, 0) is 11.2 Å². The zero-order valence-corrected chi connectivity index (χ0v) is 11.0. The first kappa shape index (κ1) is 13.0. The SMILES string of the molecule is CCOCCCc1nc2ccc(C(=O)O)cc2s1. The zero-order valence-electron chi connectivity index (χ0n) is 10.2. The van der Waals surface area contributed by atoms with Crippen molar-refractivity contribution in [1.29, 1.82) is 0 Å². The second-order valence-corrected chi connectivity index (χ2v) is 5.01. The molecule has 0 aliphatic carbocycles. The Balaban J connectivity index is 2.09. The van der Waals surface area contributed by atoms with Gasteiger partial charge in [0.25, 0.3) is 0 Å². The molecule has 0 fully saturated rings. The van der Waals surface area contributed by atoms with Crippen molar-refractivity contribution in [3.63, 3.8) is 0 Å². The van der Waals surface area contributed by atoms with Crippen molar-refractivity contribution in [2.75, 3.05) is 13.2 Å². The summed E-state index contributed by atoms with van der Waals surface area (Å²) in [6.07, 6.45) is 1.82. The van der Waals surface area contributed by atoms with Crippen LogP contribution in [0, 0.1) is 0 Å². The largest absolute Gasteiger partial charge is 0.478 e. The zero-order chi connectivity index (χ0) is 13.0. The number of carboxylic acid groups (broad SMARTS) is 1. The number of benzene rings is 1. The number of aromatic nitrogens is 1. The van der Waals surface area contributed by atoms with Crippen LogP contribution in [0.5, 0.6) is 0 Å². The molecule has 0 spiro atoms. The maximum atomic E-state index is 10.9. The number of rotatable bonds is 6. The van der Waals surface area contributed by atoms with Crippen LogP contribution in [0.2, 0.25) is 0 Å². The van der Waals surface area contributed by atoms with Crippen molar-refractivity contribution < 1.29 is 14.6 Å². The minimum atomic E-state index is -0.900. The number of hydrogen-bond donors (Lipinski definition) is 1. The quantitative estimate of drug-likeness (QED) is 0.816. The smallest absolute Gasteiger partial charge is 0.335 e. The average Bonchev–Trinajstić information content (AvgIpc) is 2.76. The lowest BCUT2D eigenvalue weighted by molar-refractivity contribution is 0.0697. The molecule has 2 rings (SSSR count). The van der Waals surface area contributed by atoms with Gasteiger partial charge in [0.1, 0.15) is 0 Å². The predicted molar refractivity (Wildman–Crippen MR) is 71.4 cm³/mol. The normalized spacial score (nSPS) is 10.9. The van der Waals surface area contributed by atoms with Crippen molar-refractivity contribution in [1.82, 2.24) is 4.98 Å². The third-order valence-electron chi connectivity index (χ3n) is 2.56. The van der Waals surface area contributed by atoms with E-state index in [4.69, 9.17) is 9.84 Å². The highest BCUT2D eigenvalue weighted by Crippen LogP contribution is 2.24. The molecule has 1 aromatic heterocycles. The molecule has 0 amide bonds. The highest BCUT2D eigenvalue weighted by atomic mass is 32.1. The van der Waals surface area contributed by atoms with Gasteiger partial charge in [0.15, 0.2) is 0 Å². The van der Waals surface area contributed by atoms with Gasteiger partial charge in [-0.25, -0.2) is 9.78 Å². The number of ether oxygens (including phenoxy) is 1. The second-order valence-electron chi connectivity index (χ2n) is 3.90. The molecular formula is C13H15NO3S.